The van der Waals surface area contributed by atoms with Crippen LogP contribution in [0.5, 0.6) is 0 Å². The first-order valence-electron chi connectivity index (χ1n) is 5.88. The third-order valence-electron chi connectivity index (χ3n) is 2.69. The Balaban J connectivity index is 1.81. The average Bonchev–Trinajstić information content (AvgIpc) is 2.40. The van der Waals surface area contributed by atoms with Crippen LogP contribution in [0.25, 0.3) is 0 Å². The molecular formula is C13H16N2O3. The lowest BCUT2D eigenvalue weighted by Crippen LogP contribution is -2.31. The van der Waals surface area contributed by atoms with Crippen molar-refractivity contribution in [1.82, 2.24) is 10.4 Å². The Morgan fingerprint density at radius 2 is 2.17 bits per heavy atom. The molecule has 0 fully saturated rings. The lowest BCUT2D eigenvalue weighted by molar-refractivity contribution is 0.0437. The number of hydrogen-bond acceptors (Lipinski definition) is 3. The molecule has 1 heterocycles. The van der Waals surface area contributed by atoms with Crippen LogP contribution >= 0.6 is 0 Å². The predicted molar refractivity (Wildman–Crippen MR) is 66.4 cm³/mol. The number of hydroxylamine groups is 1. The normalized spacial score (nSPS) is 15.1. The van der Waals surface area contributed by atoms with E-state index < -0.39 is 6.09 Å². The first-order valence-corrected chi connectivity index (χ1v) is 5.88. The van der Waals surface area contributed by atoms with Crippen LogP contribution in [0.4, 0.5) is 4.79 Å². The fourth-order valence-corrected chi connectivity index (χ4v) is 1.77. The van der Waals surface area contributed by atoms with Crippen LogP contribution < -0.4 is 5.48 Å². The van der Waals surface area contributed by atoms with Gasteiger partial charge in [0.25, 0.3) is 0 Å². The van der Waals surface area contributed by atoms with Crippen LogP contribution in [-0.2, 0) is 11.4 Å². The van der Waals surface area contributed by atoms with Crippen molar-refractivity contribution in [1.29, 1.82) is 0 Å². The van der Waals surface area contributed by atoms with E-state index in [1.54, 1.807) is 6.20 Å². The average molecular weight is 248 g/mol. The van der Waals surface area contributed by atoms with Crippen molar-refractivity contribution >= 4 is 6.09 Å². The van der Waals surface area contributed by atoms with E-state index in [1.807, 2.05) is 30.3 Å². The fourth-order valence-electron chi connectivity index (χ4n) is 1.77. The lowest BCUT2D eigenvalue weighted by atomic mass is 10.2. The summed E-state index contributed by atoms with van der Waals surface area (Å²) in [5, 5.41) is 8.87. The molecule has 0 spiro atoms. The Morgan fingerprint density at radius 1 is 1.39 bits per heavy atom. The van der Waals surface area contributed by atoms with Gasteiger partial charge in [0.1, 0.15) is 0 Å². The van der Waals surface area contributed by atoms with Gasteiger partial charge < -0.3 is 5.11 Å². The van der Waals surface area contributed by atoms with Crippen LogP contribution in [0.3, 0.4) is 0 Å². The number of hydrogen-bond donors (Lipinski definition) is 2. The molecule has 0 unspecified atom stereocenters. The highest BCUT2D eigenvalue weighted by Crippen LogP contribution is 2.12. The number of amides is 1. The number of rotatable bonds is 4. The van der Waals surface area contributed by atoms with E-state index in [-0.39, 0.29) is 0 Å². The number of carboxylic acid groups (broad SMARTS) is 1. The maximum Gasteiger partial charge on any atom is 0.411 e. The highest BCUT2D eigenvalue weighted by Gasteiger charge is 2.15. The van der Waals surface area contributed by atoms with Crippen LogP contribution in [0.2, 0.25) is 0 Å². The summed E-state index contributed by atoms with van der Waals surface area (Å²) in [6.45, 7) is 0.991. The van der Waals surface area contributed by atoms with Gasteiger partial charge in [-0.1, -0.05) is 30.3 Å². The molecule has 0 radical (unpaired) electrons. The molecule has 1 amide bonds. The highest BCUT2D eigenvalue weighted by molar-refractivity contribution is 5.66. The topological polar surface area (TPSA) is 61.8 Å². The minimum Gasteiger partial charge on any atom is -0.465 e. The highest BCUT2D eigenvalue weighted by atomic mass is 16.6. The smallest absolute Gasteiger partial charge is 0.411 e. The van der Waals surface area contributed by atoms with E-state index in [9.17, 15) is 4.79 Å². The molecule has 5 heteroatoms. The van der Waals surface area contributed by atoms with Gasteiger partial charge >= 0.3 is 6.09 Å². The van der Waals surface area contributed by atoms with Crippen molar-refractivity contribution in [2.24, 2.45) is 0 Å². The second-order valence-corrected chi connectivity index (χ2v) is 4.11. The molecule has 2 N–H and O–H groups in total. The lowest BCUT2D eigenvalue weighted by Gasteiger charge is -2.22. The van der Waals surface area contributed by atoms with Crippen molar-refractivity contribution in [2.45, 2.75) is 19.4 Å². The van der Waals surface area contributed by atoms with E-state index in [0.717, 1.165) is 24.1 Å². The van der Waals surface area contributed by atoms with Crippen molar-refractivity contribution in [3.63, 3.8) is 0 Å². The van der Waals surface area contributed by atoms with Gasteiger partial charge in [0.2, 0.25) is 0 Å². The van der Waals surface area contributed by atoms with Gasteiger partial charge in [-0.15, -0.1) is 0 Å². The Labute approximate surface area is 106 Å². The van der Waals surface area contributed by atoms with Gasteiger partial charge in [-0.25, -0.2) is 4.79 Å². The molecule has 0 saturated heterocycles. The summed E-state index contributed by atoms with van der Waals surface area (Å²) in [6, 6.07) is 9.79. The zero-order valence-corrected chi connectivity index (χ0v) is 10.0. The molecule has 0 aliphatic carbocycles. The molecule has 0 aromatic heterocycles. The zero-order valence-electron chi connectivity index (χ0n) is 10.0. The Kier molecular flexibility index (Phi) is 4.20. The minimum atomic E-state index is -0.933. The number of benzene rings is 1. The molecule has 0 bridgehead atoms. The third-order valence-corrected chi connectivity index (χ3v) is 2.69. The zero-order chi connectivity index (χ0) is 12.8. The summed E-state index contributed by atoms with van der Waals surface area (Å²) in [7, 11) is 0. The summed E-state index contributed by atoms with van der Waals surface area (Å²) >= 11 is 0. The summed E-state index contributed by atoms with van der Waals surface area (Å²) in [5.41, 5.74) is 4.67. The molecular weight excluding hydrogens is 232 g/mol. The van der Waals surface area contributed by atoms with Gasteiger partial charge in [0.05, 0.1) is 12.3 Å². The third kappa shape index (κ3) is 3.49. The van der Waals surface area contributed by atoms with Crippen LogP contribution in [0.15, 0.2) is 42.2 Å². The second-order valence-electron chi connectivity index (χ2n) is 4.11. The summed E-state index contributed by atoms with van der Waals surface area (Å²) < 4.78 is 0. The molecule has 1 aliphatic rings. The Bertz CT molecular complexity index is 431. The van der Waals surface area contributed by atoms with E-state index in [4.69, 9.17) is 9.94 Å². The Hall–Kier alpha value is -2.01. The summed E-state index contributed by atoms with van der Waals surface area (Å²) in [5.74, 6) is 0. The van der Waals surface area contributed by atoms with Crippen molar-refractivity contribution in [2.75, 3.05) is 6.54 Å². The van der Waals surface area contributed by atoms with Crippen LogP contribution in [0, 0.1) is 0 Å². The fraction of sp³-hybridized carbons (Fsp3) is 0.308. The first kappa shape index (κ1) is 12.4. The van der Waals surface area contributed by atoms with Gasteiger partial charge in [-0.3, -0.25) is 15.2 Å². The summed E-state index contributed by atoms with van der Waals surface area (Å²) in [6.07, 6.45) is 2.26. The molecule has 5 nitrogen and oxygen atoms in total. The molecule has 96 valence electrons. The van der Waals surface area contributed by atoms with Crippen LogP contribution in [0.1, 0.15) is 18.4 Å². The quantitative estimate of drug-likeness (QED) is 0.803. The standard InChI is InChI=1S/C13H16N2O3/c16-13(17)15-8-4-7-12(9-15)14-18-10-11-5-2-1-3-6-11/h1-3,5-6,9,14H,4,7-8,10H2,(H,16,17). The van der Waals surface area contributed by atoms with Crippen molar-refractivity contribution < 1.29 is 14.7 Å². The minimum absolute atomic E-state index is 0.450. The maximum atomic E-state index is 10.8. The van der Waals surface area contributed by atoms with E-state index in [1.165, 1.54) is 4.90 Å². The van der Waals surface area contributed by atoms with Gasteiger partial charge in [-0.2, -0.15) is 0 Å². The van der Waals surface area contributed by atoms with E-state index in [2.05, 4.69) is 5.48 Å². The van der Waals surface area contributed by atoms with Crippen LogP contribution in [-0.4, -0.2) is 22.6 Å². The molecule has 2 rings (SSSR count). The number of carbonyl (C=O) groups is 1. The predicted octanol–water partition coefficient (Wildman–Crippen LogP) is 2.32. The monoisotopic (exact) mass is 248 g/mol. The first-order chi connectivity index (χ1) is 8.75. The number of nitrogens with zero attached hydrogens (tertiary/aromatic N) is 1. The summed E-state index contributed by atoms with van der Waals surface area (Å²) in [4.78, 5) is 17.4. The van der Waals surface area contributed by atoms with Gasteiger partial charge in [0.15, 0.2) is 0 Å². The number of allylic oxidation sites excluding steroid dienone is 1. The second kappa shape index (κ2) is 6.07. The van der Waals surface area contributed by atoms with Gasteiger partial charge in [-0.05, 0) is 18.4 Å². The SMILES string of the molecule is O=C(O)N1C=C(NOCc2ccccc2)CCC1. The van der Waals surface area contributed by atoms with Gasteiger partial charge in [0, 0.05) is 12.7 Å². The van der Waals surface area contributed by atoms with Crippen molar-refractivity contribution in [3.8, 4) is 0 Å². The van der Waals surface area contributed by atoms with E-state index in [0.29, 0.717) is 13.2 Å². The molecule has 1 aromatic carbocycles. The maximum absolute atomic E-state index is 10.8. The Morgan fingerprint density at radius 3 is 2.89 bits per heavy atom. The molecule has 1 aliphatic heterocycles. The van der Waals surface area contributed by atoms with Crippen molar-refractivity contribution in [3.05, 3.63) is 47.8 Å². The number of nitrogens with one attached hydrogen (secondary N) is 1. The molecule has 0 saturated carbocycles. The molecule has 1 aromatic rings. The largest absolute Gasteiger partial charge is 0.465 e. The van der Waals surface area contributed by atoms with E-state index >= 15 is 0 Å². The molecule has 18 heavy (non-hydrogen) atoms. The molecule has 0 atom stereocenters.